The van der Waals surface area contributed by atoms with Crippen LogP contribution in [0.2, 0.25) is 0 Å². The van der Waals surface area contributed by atoms with Crippen LogP contribution in [0, 0.1) is 13.8 Å². The van der Waals surface area contributed by atoms with Crippen LogP contribution < -0.4 is 4.90 Å². The highest BCUT2D eigenvalue weighted by molar-refractivity contribution is 5.94. The van der Waals surface area contributed by atoms with Gasteiger partial charge in [0.25, 0.3) is 5.91 Å². The maximum Gasteiger partial charge on any atom is 0.274 e. The van der Waals surface area contributed by atoms with Crippen molar-refractivity contribution in [3.63, 3.8) is 0 Å². The van der Waals surface area contributed by atoms with Crippen LogP contribution in [0.15, 0.2) is 18.2 Å². The lowest BCUT2D eigenvalue weighted by atomic mass is 10.1. The molecule has 5 aliphatic rings. The van der Waals surface area contributed by atoms with Gasteiger partial charge in [0, 0.05) is 69.3 Å². The highest BCUT2D eigenvalue weighted by atomic mass is 16.5. The minimum atomic E-state index is 0.0208. The third kappa shape index (κ3) is 3.85. The van der Waals surface area contributed by atoms with E-state index in [2.05, 4.69) is 41.8 Å². The van der Waals surface area contributed by atoms with Crippen LogP contribution >= 0.6 is 0 Å². The summed E-state index contributed by atoms with van der Waals surface area (Å²) in [5.74, 6) is 0.122. The molecule has 3 aliphatic heterocycles. The number of anilines is 1. The summed E-state index contributed by atoms with van der Waals surface area (Å²) in [6, 6.07) is 6.43. The number of ether oxygens (including phenoxy) is 1. The number of aryl methyl sites for hydroxylation is 1. The average molecular weight is 519 g/mol. The quantitative estimate of drug-likeness (QED) is 0.613. The predicted molar refractivity (Wildman–Crippen MR) is 144 cm³/mol. The van der Waals surface area contributed by atoms with Gasteiger partial charge in [0.1, 0.15) is 6.54 Å². The molecule has 1 saturated carbocycles. The number of carbonyl (C=O) groups is 2. The molecule has 2 atom stereocenters. The molecule has 9 nitrogen and oxygen atoms in total. The number of carbonyl (C=O) groups excluding carboxylic acids is 2. The van der Waals surface area contributed by atoms with E-state index in [9.17, 15) is 9.59 Å². The van der Waals surface area contributed by atoms with Crippen molar-refractivity contribution in [3.8, 4) is 0 Å². The fraction of sp³-hybridized carbons (Fsp3) is 0.621. The van der Waals surface area contributed by atoms with Crippen LogP contribution in [0.25, 0.3) is 0 Å². The second-order valence-corrected chi connectivity index (χ2v) is 11.8. The first-order chi connectivity index (χ1) is 18.4. The molecule has 7 rings (SSSR count). The second-order valence-electron chi connectivity index (χ2n) is 11.8. The highest BCUT2D eigenvalue weighted by Gasteiger charge is 2.63. The summed E-state index contributed by atoms with van der Waals surface area (Å²) in [5.41, 5.74) is 6.61. The van der Waals surface area contributed by atoms with Gasteiger partial charge in [0.05, 0.1) is 18.2 Å². The predicted octanol–water partition coefficient (Wildman–Crippen LogP) is 1.64. The molecule has 1 spiro atoms. The van der Waals surface area contributed by atoms with Crippen molar-refractivity contribution in [2.45, 2.75) is 57.7 Å². The van der Waals surface area contributed by atoms with Gasteiger partial charge in [-0.1, -0.05) is 12.1 Å². The number of hydrogen-bond acceptors (Lipinski definition) is 6. The van der Waals surface area contributed by atoms with Gasteiger partial charge in [-0.2, -0.15) is 5.10 Å². The third-order valence-corrected chi connectivity index (χ3v) is 9.72. The van der Waals surface area contributed by atoms with E-state index in [0.717, 1.165) is 82.8 Å². The Balaban J connectivity index is 1.03. The summed E-state index contributed by atoms with van der Waals surface area (Å²) >= 11 is 0. The lowest BCUT2D eigenvalue weighted by Crippen LogP contribution is -2.60. The molecule has 2 amide bonds. The van der Waals surface area contributed by atoms with Crippen molar-refractivity contribution in [1.29, 1.82) is 0 Å². The van der Waals surface area contributed by atoms with Crippen molar-refractivity contribution in [1.82, 2.24) is 24.5 Å². The number of hydrogen-bond donors (Lipinski definition) is 0. The standard InChI is InChI=1S/C29H38N6O3/c1-20-5-3-7-23(21(20)2)31-9-11-32(12-10-31)26(36)18-35-24-8-4-6-22(24)27(30-35)28(37)33-13-14-34-15-16-38-25-17-29(25,34)19-33/h3,5,7,25H,4,6,8-19H2,1-2H3/t25-,29?/m1/s1. The highest BCUT2D eigenvalue weighted by Crippen LogP contribution is 2.49. The summed E-state index contributed by atoms with van der Waals surface area (Å²) in [5, 5.41) is 4.79. The van der Waals surface area contributed by atoms with E-state index in [-0.39, 0.29) is 30.0 Å². The monoisotopic (exact) mass is 518 g/mol. The molecule has 1 unspecified atom stereocenters. The summed E-state index contributed by atoms with van der Waals surface area (Å²) in [4.78, 5) is 35.9. The van der Waals surface area contributed by atoms with Crippen molar-refractivity contribution >= 4 is 17.5 Å². The van der Waals surface area contributed by atoms with Crippen molar-refractivity contribution in [2.24, 2.45) is 0 Å². The van der Waals surface area contributed by atoms with Gasteiger partial charge < -0.3 is 19.4 Å². The molecule has 38 heavy (non-hydrogen) atoms. The van der Waals surface area contributed by atoms with E-state index in [1.54, 1.807) is 0 Å². The molecular formula is C29H38N6O3. The molecule has 4 fully saturated rings. The number of aromatic nitrogens is 2. The molecule has 1 aromatic heterocycles. The Bertz CT molecular complexity index is 1280. The number of nitrogens with zero attached hydrogens (tertiary/aromatic N) is 6. The first-order valence-corrected chi connectivity index (χ1v) is 14.3. The third-order valence-electron chi connectivity index (χ3n) is 9.72. The van der Waals surface area contributed by atoms with E-state index < -0.39 is 0 Å². The topological polar surface area (TPSA) is 74.2 Å². The lowest BCUT2D eigenvalue weighted by Gasteiger charge is -2.44. The van der Waals surface area contributed by atoms with E-state index in [4.69, 9.17) is 9.84 Å². The van der Waals surface area contributed by atoms with Crippen molar-refractivity contribution in [3.05, 3.63) is 46.3 Å². The minimum absolute atomic E-state index is 0.0208. The molecule has 1 aromatic carbocycles. The van der Waals surface area contributed by atoms with E-state index >= 15 is 0 Å². The van der Waals surface area contributed by atoms with E-state index in [1.165, 1.54) is 16.8 Å². The minimum Gasteiger partial charge on any atom is -0.375 e. The molecular weight excluding hydrogens is 480 g/mol. The number of rotatable bonds is 4. The Labute approximate surface area is 224 Å². The molecule has 0 radical (unpaired) electrons. The Hall–Kier alpha value is -2.91. The van der Waals surface area contributed by atoms with Gasteiger partial charge in [0.15, 0.2) is 5.69 Å². The van der Waals surface area contributed by atoms with Crippen molar-refractivity contribution in [2.75, 3.05) is 63.9 Å². The molecule has 2 aromatic rings. The van der Waals surface area contributed by atoms with Crippen LogP contribution in [-0.2, 0) is 28.9 Å². The molecule has 0 N–H and O–H groups in total. The molecule has 4 heterocycles. The van der Waals surface area contributed by atoms with Gasteiger partial charge in [-0.25, -0.2) is 0 Å². The fourth-order valence-corrected chi connectivity index (χ4v) is 7.23. The summed E-state index contributed by atoms with van der Waals surface area (Å²) in [6.07, 6.45) is 4.06. The van der Waals surface area contributed by atoms with E-state index in [1.807, 2.05) is 14.5 Å². The maximum absolute atomic E-state index is 13.7. The SMILES string of the molecule is Cc1cccc(N2CCN(C(=O)Cn3nc(C(=O)N4CCN5CCO[C@@H]6CC65C4)c4c3CCC4)CC2)c1C. The maximum atomic E-state index is 13.7. The lowest BCUT2D eigenvalue weighted by molar-refractivity contribution is -0.132. The Kier molecular flexibility index (Phi) is 5.78. The smallest absolute Gasteiger partial charge is 0.274 e. The Morgan fingerprint density at radius 3 is 2.68 bits per heavy atom. The largest absolute Gasteiger partial charge is 0.375 e. The zero-order chi connectivity index (χ0) is 26.0. The Morgan fingerprint density at radius 2 is 1.84 bits per heavy atom. The van der Waals surface area contributed by atoms with E-state index in [0.29, 0.717) is 18.8 Å². The van der Waals surface area contributed by atoms with Crippen molar-refractivity contribution < 1.29 is 14.3 Å². The molecule has 9 heteroatoms. The zero-order valence-electron chi connectivity index (χ0n) is 22.6. The summed E-state index contributed by atoms with van der Waals surface area (Å²) in [6.45, 7) is 11.7. The number of fused-ring (bicyclic) bond motifs is 1. The number of benzene rings is 1. The van der Waals surface area contributed by atoms with Crippen LogP contribution in [0.5, 0.6) is 0 Å². The second kappa shape index (κ2) is 9.09. The van der Waals surface area contributed by atoms with Crippen LogP contribution in [-0.4, -0.2) is 107 Å². The molecule has 202 valence electrons. The number of amides is 2. The number of morpholine rings is 1. The van der Waals surface area contributed by atoms with Gasteiger partial charge in [0.2, 0.25) is 5.91 Å². The molecule has 3 saturated heterocycles. The van der Waals surface area contributed by atoms with Crippen LogP contribution in [0.4, 0.5) is 5.69 Å². The molecule has 0 bridgehead atoms. The number of piperazine rings is 2. The summed E-state index contributed by atoms with van der Waals surface area (Å²) in [7, 11) is 0. The van der Waals surface area contributed by atoms with Gasteiger partial charge >= 0.3 is 0 Å². The normalized spacial score (nSPS) is 26.7. The van der Waals surface area contributed by atoms with Gasteiger partial charge in [-0.3, -0.25) is 19.2 Å². The van der Waals surface area contributed by atoms with Crippen LogP contribution in [0.3, 0.4) is 0 Å². The first-order valence-electron chi connectivity index (χ1n) is 14.3. The van der Waals surface area contributed by atoms with Gasteiger partial charge in [-0.05, 0) is 56.7 Å². The average Bonchev–Trinajstić information content (AvgIpc) is 3.25. The fourth-order valence-electron chi connectivity index (χ4n) is 7.23. The molecule has 2 aliphatic carbocycles. The summed E-state index contributed by atoms with van der Waals surface area (Å²) < 4.78 is 7.76. The van der Waals surface area contributed by atoms with Gasteiger partial charge in [-0.15, -0.1) is 0 Å². The first kappa shape index (κ1) is 24.2. The van der Waals surface area contributed by atoms with Crippen LogP contribution in [0.1, 0.15) is 45.7 Å². The Morgan fingerprint density at radius 1 is 1.03 bits per heavy atom. The zero-order valence-corrected chi connectivity index (χ0v) is 22.6.